The molecule has 1 N–H and O–H groups in total. The van der Waals surface area contributed by atoms with Crippen LogP contribution in [0.2, 0.25) is 0 Å². The van der Waals surface area contributed by atoms with E-state index in [9.17, 15) is 4.79 Å². The molecule has 2 aromatic rings. The van der Waals surface area contributed by atoms with Gasteiger partial charge >= 0.3 is 5.97 Å². The molecule has 134 valence electrons. The highest BCUT2D eigenvalue weighted by Gasteiger charge is 2.30. The van der Waals surface area contributed by atoms with E-state index in [-0.39, 0.29) is 11.9 Å². The van der Waals surface area contributed by atoms with E-state index < -0.39 is 13.7 Å². The minimum Gasteiger partial charge on any atom is -0.464 e. The molecule has 0 bridgehead atoms. The maximum atomic E-state index is 12.3. The standard InChI is InChI=1S/C19H23ClNO3P/c1-13(2)18(19(22)23-12-14-10-11-14)21-25(20)24-17-9-5-7-15-6-3-4-8-16(15)17/h3-9,13-14,18,21H,10-12H2,1-2H3. The average Bonchev–Trinajstić information content (AvgIpc) is 3.42. The van der Waals surface area contributed by atoms with Crippen molar-refractivity contribution < 1.29 is 14.1 Å². The summed E-state index contributed by atoms with van der Waals surface area (Å²) in [6.07, 6.45) is 2.30. The maximum Gasteiger partial charge on any atom is 0.323 e. The van der Waals surface area contributed by atoms with Gasteiger partial charge in [-0.2, -0.15) is 0 Å². The third-order valence-corrected chi connectivity index (χ3v) is 5.59. The van der Waals surface area contributed by atoms with Crippen LogP contribution in [0, 0.1) is 11.8 Å². The van der Waals surface area contributed by atoms with Crippen molar-refractivity contribution >= 4 is 35.6 Å². The monoisotopic (exact) mass is 379 g/mol. The van der Waals surface area contributed by atoms with Crippen molar-refractivity contribution in [2.75, 3.05) is 6.61 Å². The summed E-state index contributed by atoms with van der Waals surface area (Å²) in [5.41, 5.74) is 0. The molecule has 6 heteroatoms. The Morgan fingerprint density at radius 2 is 1.96 bits per heavy atom. The Kier molecular flexibility index (Phi) is 6.16. The molecule has 0 spiro atoms. The smallest absolute Gasteiger partial charge is 0.323 e. The highest BCUT2D eigenvalue weighted by atomic mass is 35.7. The number of nitrogens with one attached hydrogen (secondary N) is 1. The molecule has 1 fully saturated rings. The summed E-state index contributed by atoms with van der Waals surface area (Å²) >= 11 is 6.40. The van der Waals surface area contributed by atoms with Crippen LogP contribution in [-0.2, 0) is 9.53 Å². The fourth-order valence-corrected chi connectivity index (χ4v) is 4.09. The Balaban J connectivity index is 1.64. The first-order valence-electron chi connectivity index (χ1n) is 8.59. The molecule has 0 radical (unpaired) electrons. The van der Waals surface area contributed by atoms with E-state index in [2.05, 4.69) is 5.09 Å². The van der Waals surface area contributed by atoms with Crippen molar-refractivity contribution in [2.45, 2.75) is 32.7 Å². The number of hydrogen-bond donors (Lipinski definition) is 1. The first-order chi connectivity index (χ1) is 12.0. The van der Waals surface area contributed by atoms with Crippen LogP contribution in [0.4, 0.5) is 0 Å². The number of ether oxygens (including phenoxy) is 1. The van der Waals surface area contributed by atoms with Crippen molar-refractivity contribution in [1.82, 2.24) is 5.09 Å². The molecule has 3 rings (SSSR count). The normalized spacial score (nSPS) is 16.6. The second kappa shape index (κ2) is 8.35. The van der Waals surface area contributed by atoms with Crippen LogP contribution in [0.15, 0.2) is 42.5 Å². The zero-order valence-corrected chi connectivity index (χ0v) is 16.1. The van der Waals surface area contributed by atoms with Crippen LogP contribution >= 0.6 is 18.9 Å². The minimum absolute atomic E-state index is 0.0616. The minimum atomic E-state index is -1.52. The summed E-state index contributed by atoms with van der Waals surface area (Å²) in [5, 5.41) is 5.19. The van der Waals surface area contributed by atoms with Crippen LogP contribution in [0.25, 0.3) is 10.8 Å². The number of hydrogen-bond acceptors (Lipinski definition) is 4. The van der Waals surface area contributed by atoms with E-state index in [0.29, 0.717) is 18.3 Å². The van der Waals surface area contributed by atoms with Crippen LogP contribution in [0.1, 0.15) is 26.7 Å². The summed E-state index contributed by atoms with van der Waals surface area (Å²) in [4.78, 5) is 12.3. The summed E-state index contributed by atoms with van der Waals surface area (Å²) in [5.74, 6) is 1.06. The summed E-state index contributed by atoms with van der Waals surface area (Å²) in [7, 11) is -1.52. The molecule has 0 saturated heterocycles. The third kappa shape index (κ3) is 5.07. The van der Waals surface area contributed by atoms with Crippen molar-refractivity contribution in [3.63, 3.8) is 0 Å². The molecule has 25 heavy (non-hydrogen) atoms. The summed E-state index contributed by atoms with van der Waals surface area (Å²) < 4.78 is 11.3. The fraction of sp³-hybridized carbons (Fsp3) is 0.421. The van der Waals surface area contributed by atoms with E-state index in [4.69, 9.17) is 20.5 Å². The van der Waals surface area contributed by atoms with Crippen LogP contribution in [0.5, 0.6) is 5.75 Å². The predicted molar refractivity (Wildman–Crippen MR) is 103 cm³/mol. The van der Waals surface area contributed by atoms with Crippen LogP contribution in [0.3, 0.4) is 0 Å². The predicted octanol–water partition coefficient (Wildman–Crippen LogP) is 5.25. The lowest BCUT2D eigenvalue weighted by molar-refractivity contribution is -0.147. The lowest BCUT2D eigenvalue weighted by Crippen LogP contribution is -2.39. The molecular weight excluding hydrogens is 357 g/mol. The van der Waals surface area contributed by atoms with E-state index in [1.165, 1.54) is 0 Å². The summed E-state index contributed by atoms with van der Waals surface area (Å²) in [6.45, 7) is 4.44. The fourth-order valence-electron chi connectivity index (χ4n) is 2.55. The van der Waals surface area contributed by atoms with E-state index >= 15 is 0 Å². The zero-order chi connectivity index (χ0) is 17.8. The topological polar surface area (TPSA) is 47.6 Å². The molecule has 1 aliphatic carbocycles. The number of benzene rings is 2. The van der Waals surface area contributed by atoms with Gasteiger partial charge in [0, 0.05) is 5.39 Å². The first kappa shape index (κ1) is 18.4. The van der Waals surface area contributed by atoms with E-state index in [1.54, 1.807) is 0 Å². The Bertz CT molecular complexity index is 730. The van der Waals surface area contributed by atoms with Crippen LogP contribution in [-0.4, -0.2) is 18.6 Å². The van der Waals surface area contributed by atoms with Gasteiger partial charge in [-0.3, -0.25) is 4.79 Å². The molecule has 2 atom stereocenters. The van der Waals surface area contributed by atoms with Gasteiger partial charge in [0.1, 0.15) is 11.8 Å². The van der Waals surface area contributed by atoms with Gasteiger partial charge in [0.2, 0.25) is 0 Å². The van der Waals surface area contributed by atoms with E-state index in [1.807, 2.05) is 56.3 Å². The van der Waals surface area contributed by atoms with Crippen molar-refractivity contribution in [1.29, 1.82) is 0 Å². The Morgan fingerprint density at radius 3 is 2.68 bits per heavy atom. The molecular formula is C19H23ClNO3P. The van der Waals surface area contributed by atoms with Crippen molar-refractivity contribution in [3.05, 3.63) is 42.5 Å². The maximum absolute atomic E-state index is 12.3. The van der Waals surface area contributed by atoms with Crippen molar-refractivity contribution in [2.24, 2.45) is 11.8 Å². The second-order valence-corrected chi connectivity index (χ2v) is 8.59. The lowest BCUT2D eigenvalue weighted by atomic mass is 10.1. The van der Waals surface area contributed by atoms with Gasteiger partial charge in [-0.05, 0) is 47.4 Å². The number of carbonyl (C=O) groups excluding carboxylic acids is 1. The Labute approximate surface area is 154 Å². The molecule has 0 heterocycles. The van der Waals surface area contributed by atoms with Gasteiger partial charge in [0.05, 0.1) is 6.61 Å². The van der Waals surface area contributed by atoms with Gasteiger partial charge in [-0.1, -0.05) is 50.2 Å². The van der Waals surface area contributed by atoms with Gasteiger partial charge in [-0.15, -0.1) is 0 Å². The highest BCUT2D eigenvalue weighted by molar-refractivity contribution is 7.78. The van der Waals surface area contributed by atoms with Gasteiger partial charge in [0.25, 0.3) is 7.65 Å². The molecule has 4 nitrogen and oxygen atoms in total. The van der Waals surface area contributed by atoms with Gasteiger partial charge in [-0.25, -0.2) is 5.09 Å². The average molecular weight is 380 g/mol. The van der Waals surface area contributed by atoms with Crippen LogP contribution < -0.4 is 9.61 Å². The van der Waals surface area contributed by atoms with Crippen molar-refractivity contribution in [3.8, 4) is 5.75 Å². The molecule has 1 saturated carbocycles. The molecule has 0 aliphatic heterocycles. The molecule has 0 aromatic heterocycles. The summed E-state index contributed by atoms with van der Waals surface area (Å²) in [6, 6.07) is 13.3. The zero-order valence-electron chi connectivity index (χ0n) is 14.4. The first-order valence-corrected chi connectivity index (χ1v) is 10.8. The Hall–Kier alpha value is -1.35. The largest absolute Gasteiger partial charge is 0.464 e. The molecule has 1 aliphatic rings. The molecule has 0 amide bonds. The van der Waals surface area contributed by atoms with E-state index in [0.717, 1.165) is 23.6 Å². The number of fused-ring (bicyclic) bond motifs is 1. The molecule has 2 unspecified atom stereocenters. The third-order valence-electron chi connectivity index (χ3n) is 4.25. The Morgan fingerprint density at radius 1 is 1.24 bits per heavy atom. The van der Waals surface area contributed by atoms with Gasteiger partial charge in [0.15, 0.2) is 0 Å². The number of carbonyl (C=O) groups is 1. The quantitative estimate of drug-likeness (QED) is 0.502. The lowest BCUT2D eigenvalue weighted by Gasteiger charge is -2.23. The number of esters is 1. The second-order valence-electron chi connectivity index (χ2n) is 6.74. The number of rotatable bonds is 8. The highest BCUT2D eigenvalue weighted by Crippen LogP contribution is 2.42. The SMILES string of the molecule is CC(C)C(NP(Cl)Oc1cccc2ccccc12)C(=O)OCC1CC1. The molecule has 2 aromatic carbocycles. The number of halogens is 1. The van der Waals surface area contributed by atoms with Gasteiger partial charge < -0.3 is 9.26 Å².